The lowest BCUT2D eigenvalue weighted by molar-refractivity contribution is 0.557. The molecule has 1 aromatic carbocycles. The van der Waals surface area contributed by atoms with Crippen molar-refractivity contribution in [3.8, 4) is 17.3 Å². The van der Waals surface area contributed by atoms with Gasteiger partial charge >= 0.3 is 0 Å². The molecule has 0 bridgehead atoms. The normalized spacial score (nSPS) is 11.3. The first-order chi connectivity index (χ1) is 10.3. The molecule has 0 spiro atoms. The minimum absolute atomic E-state index is 0.508. The molecule has 0 aliphatic heterocycles. The highest BCUT2D eigenvalue weighted by atomic mass is 32.1. The van der Waals surface area contributed by atoms with Crippen LogP contribution in [-0.4, -0.2) is 4.98 Å². The summed E-state index contributed by atoms with van der Waals surface area (Å²) in [6, 6.07) is 14.0. The lowest BCUT2D eigenvalue weighted by atomic mass is 10.1. The van der Waals surface area contributed by atoms with Crippen molar-refractivity contribution < 1.29 is 4.42 Å². The number of aromatic nitrogens is 1. The van der Waals surface area contributed by atoms with Gasteiger partial charge in [-0.25, -0.2) is 4.98 Å². The van der Waals surface area contributed by atoms with Crippen LogP contribution >= 0.6 is 11.3 Å². The second-order valence-electron chi connectivity index (χ2n) is 4.59. The van der Waals surface area contributed by atoms with E-state index in [4.69, 9.17) is 4.42 Å². The Labute approximate surface area is 126 Å². The van der Waals surface area contributed by atoms with Crippen molar-refractivity contribution in [3.05, 3.63) is 64.4 Å². The van der Waals surface area contributed by atoms with Gasteiger partial charge in [-0.2, -0.15) is 5.26 Å². The molecule has 21 heavy (non-hydrogen) atoms. The first-order valence-corrected chi connectivity index (χ1v) is 7.32. The zero-order valence-corrected chi connectivity index (χ0v) is 12.2. The van der Waals surface area contributed by atoms with Crippen LogP contribution in [0.4, 0.5) is 0 Å². The number of thiazole rings is 1. The van der Waals surface area contributed by atoms with Crippen molar-refractivity contribution in [2.75, 3.05) is 0 Å². The molecular weight excluding hydrogens is 280 g/mol. The Balaban J connectivity index is 1.94. The maximum Gasteiger partial charge on any atom is 0.134 e. The quantitative estimate of drug-likeness (QED) is 0.653. The summed E-state index contributed by atoms with van der Waals surface area (Å²) in [6.07, 6.45) is 3.29. The highest BCUT2D eigenvalue weighted by molar-refractivity contribution is 7.11. The summed E-state index contributed by atoms with van der Waals surface area (Å²) in [7, 11) is 0. The van der Waals surface area contributed by atoms with Crippen LogP contribution in [0.5, 0.6) is 0 Å². The zero-order chi connectivity index (χ0) is 14.7. The number of nitriles is 1. The predicted molar refractivity (Wildman–Crippen MR) is 84.5 cm³/mol. The molecule has 2 aromatic heterocycles. The van der Waals surface area contributed by atoms with E-state index in [1.54, 1.807) is 18.4 Å². The van der Waals surface area contributed by atoms with Crippen LogP contribution in [0.25, 0.3) is 22.9 Å². The largest absolute Gasteiger partial charge is 0.465 e. The van der Waals surface area contributed by atoms with Crippen LogP contribution in [0.2, 0.25) is 0 Å². The average Bonchev–Trinajstić information content (AvgIpc) is 3.17. The molecule has 3 aromatic rings. The Morgan fingerprint density at radius 2 is 2.10 bits per heavy atom. The average molecular weight is 292 g/mol. The lowest BCUT2D eigenvalue weighted by Crippen LogP contribution is -1.82. The number of rotatable bonds is 3. The molecule has 0 amide bonds. The molecule has 102 valence electrons. The van der Waals surface area contributed by atoms with E-state index in [2.05, 4.69) is 30.1 Å². The SMILES string of the molecule is Cc1ccc(-c2csc(/C(C#N)=C/c3ccco3)n2)cc1. The van der Waals surface area contributed by atoms with Crippen molar-refractivity contribution >= 4 is 23.0 Å². The summed E-state index contributed by atoms with van der Waals surface area (Å²) < 4.78 is 5.24. The molecule has 0 atom stereocenters. The monoisotopic (exact) mass is 292 g/mol. The predicted octanol–water partition coefficient (Wildman–Crippen LogP) is 4.78. The third-order valence-corrected chi connectivity index (χ3v) is 3.91. The number of allylic oxidation sites excluding steroid dienone is 1. The van der Waals surface area contributed by atoms with Gasteiger partial charge in [-0.05, 0) is 19.1 Å². The molecule has 0 N–H and O–H groups in total. The molecule has 0 aliphatic carbocycles. The zero-order valence-electron chi connectivity index (χ0n) is 11.4. The molecule has 0 saturated carbocycles. The number of furan rings is 1. The second kappa shape index (κ2) is 5.78. The van der Waals surface area contributed by atoms with E-state index in [9.17, 15) is 5.26 Å². The minimum atomic E-state index is 0.508. The smallest absolute Gasteiger partial charge is 0.134 e. The van der Waals surface area contributed by atoms with E-state index in [0.717, 1.165) is 11.3 Å². The summed E-state index contributed by atoms with van der Waals surface area (Å²) in [5.41, 5.74) is 3.66. The second-order valence-corrected chi connectivity index (χ2v) is 5.45. The third-order valence-electron chi connectivity index (χ3n) is 3.03. The van der Waals surface area contributed by atoms with Gasteiger partial charge in [0.15, 0.2) is 0 Å². The molecule has 0 unspecified atom stereocenters. The molecule has 3 rings (SSSR count). The third kappa shape index (κ3) is 2.93. The van der Waals surface area contributed by atoms with E-state index in [0.29, 0.717) is 16.3 Å². The van der Waals surface area contributed by atoms with Crippen LogP contribution in [0.15, 0.2) is 52.5 Å². The molecule has 0 radical (unpaired) electrons. The van der Waals surface area contributed by atoms with Gasteiger partial charge in [-0.15, -0.1) is 11.3 Å². The van der Waals surface area contributed by atoms with Gasteiger partial charge in [0.25, 0.3) is 0 Å². The molecule has 2 heterocycles. The van der Waals surface area contributed by atoms with Crippen molar-refractivity contribution in [1.29, 1.82) is 5.26 Å². The van der Waals surface area contributed by atoms with Crippen molar-refractivity contribution in [2.24, 2.45) is 0 Å². The van der Waals surface area contributed by atoms with E-state index in [-0.39, 0.29) is 0 Å². The van der Waals surface area contributed by atoms with Crippen LogP contribution < -0.4 is 0 Å². The van der Waals surface area contributed by atoms with E-state index >= 15 is 0 Å². The first-order valence-electron chi connectivity index (χ1n) is 6.44. The highest BCUT2D eigenvalue weighted by Crippen LogP contribution is 2.27. The Kier molecular flexibility index (Phi) is 3.67. The molecule has 0 saturated heterocycles. The number of aryl methyl sites for hydroxylation is 1. The number of nitrogens with zero attached hydrogens (tertiary/aromatic N) is 2. The summed E-state index contributed by atoms with van der Waals surface area (Å²) in [5.74, 6) is 0.652. The molecular formula is C17H12N2OS. The Morgan fingerprint density at radius 3 is 2.76 bits per heavy atom. The summed E-state index contributed by atoms with van der Waals surface area (Å²) in [5, 5.41) is 12.0. The fraction of sp³-hybridized carbons (Fsp3) is 0.0588. The maximum absolute atomic E-state index is 9.30. The van der Waals surface area contributed by atoms with Crippen LogP contribution in [-0.2, 0) is 0 Å². The molecule has 0 aliphatic rings. The fourth-order valence-corrected chi connectivity index (χ4v) is 2.71. The van der Waals surface area contributed by atoms with Crippen LogP contribution in [0.1, 0.15) is 16.3 Å². The van der Waals surface area contributed by atoms with Crippen molar-refractivity contribution in [3.63, 3.8) is 0 Å². The van der Waals surface area contributed by atoms with Crippen molar-refractivity contribution in [1.82, 2.24) is 4.98 Å². The Morgan fingerprint density at radius 1 is 1.29 bits per heavy atom. The minimum Gasteiger partial charge on any atom is -0.465 e. The van der Waals surface area contributed by atoms with E-state index < -0.39 is 0 Å². The Hall–Kier alpha value is -2.64. The maximum atomic E-state index is 9.30. The molecule has 0 fully saturated rings. The van der Waals surface area contributed by atoms with E-state index in [1.165, 1.54) is 16.9 Å². The topological polar surface area (TPSA) is 49.8 Å². The van der Waals surface area contributed by atoms with Crippen molar-refractivity contribution in [2.45, 2.75) is 6.92 Å². The first kappa shape index (κ1) is 13.3. The summed E-state index contributed by atoms with van der Waals surface area (Å²) in [6.45, 7) is 2.05. The van der Waals surface area contributed by atoms with E-state index in [1.807, 2.05) is 23.6 Å². The van der Waals surface area contributed by atoms with Gasteiger partial charge in [0.2, 0.25) is 0 Å². The number of hydrogen-bond acceptors (Lipinski definition) is 4. The van der Waals surface area contributed by atoms with Crippen LogP contribution in [0, 0.1) is 18.3 Å². The standard InChI is InChI=1S/C17H12N2OS/c1-12-4-6-13(7-5-12)16-11-21-17(19-16)14(10-18)9-15-3-2-8-20-15/h2-9,11H,1H3/b14-9+. The number of hydrogen-bond donors (Lipinski definition) is 0. The van der Waals surface area contributed by atoms with Gasteiger partial charge in [-0.1, -0.05) is 29.8 Å². The van der Waals surface area contributed by atoms with Gasteiger partial charge in [0.1, 0.15) is 16.8 Å². The lowest BCUT2D eigenvalue weighted by Gasteiger charge is -1.97. The van der Waals surface area contributed by atoms with Crippen LogP contribution in [0.3, 0.4) is 0 Å². The summed E-state index contributed by atoms with van der Waals surface area (Å²) in [4.78, 5) is 4.55. The Bertz CT molecular complexity index is 805. The fourth-order valence-electron chi connectivity index (χ4n) is 1.91. The molecule has 3 nitrogen and oxygen atoms in total. The van der Waals surface area contributed by atoms with Gasteiger partial charge < -0.3 is 4.42 Å². The van der Waals surface area contributed by atoms with Gasteiger partial charge in [0.05, 0.1) is 17.5 Å². The van der Waals surface area contributed by atoms with Gasteiger partial charge in [0, 0.05) is 17.0 Å². The number of benzene rings is 1. The van der Waals surface area contributed by atoms with Gasteiger partial charge in [-0.3, -0.25) is 0 Å². The highest BCUT2D eigenvalue weighted by Gasteiger charge is 2.09. The summed E-state index contributed by atoms with van der Waals surface area (Å²) >= 11 is 1.46. The molecule has 4 heteroatoms.